The SMILES string of the molecule is Cc1ccoc1-c1nc(CC(C)C)cc(=O)[nH]1. The van der Waals surface area contributed by atoms with E-state index >= 15 is 0 Å². The molecule has 90 valence electrons. The zero-order valence-corrected chi connectivity index (χ0v) is 10.3. The molecule has 2 heterocycles. The first-order valence-corrected chi connectivity index (χ1v) is 5.71. The lowest BCUT2D eigenvalue weighted by Gasteiger charge is -2.05. The predicted molar refractivity (Wildman–Crippen MR) is 65.8 cm³/mol. The summed E-state index contributed by atoms with van der Waals surface area (Å²) < 4.78 is 5.33. The summed E-state index contributed by atoms with van der Waals surface area (Å²) in [5, 5.41) is 0. The molecule has 0 saturated carbocycles. The number of hydrogen-bond acceptors (Lipinski definition) is 3. The van der Waals surface area contributed by atoms with E-state index in [-0.39, 0.29) is 5.56 Å². The number of aromatic amines is 1. The van der Waals surface area contributed by atoms with E-state index in [0.29, 0.717) is 17.5 Å². The summed E-state index contributed by atoms with van der Waals surface area (Å²) in [6, 6.07) is 3.40. The summed E-state index contributed by atoms with van der Waals surface area (Å²) in [5.74, 6) is 1.61. The minimum atomic E-state index is -0.138. The lowest BCUT2D eigenvalue weighted by Crippen LogP contribution is -2.11. The molecule has 0 atom stereocenters. The Morgan fingerprint density at radius 3 is 2.82 bits per heavy atom. The first-order valence-electron chi connectivity index (χ1n) is 5.71. The summed E-state index contributed by atoms with van der Waals surface area (Å²) in [4.78, 5) is 18.7. The molecule has 0 aliphatic rings. The second kappa shape index (κ2) is 4.57. The topological polar surface area (TPSA) is 58.9 Å². The van der Waals surface area contributed by atoms with Crippen LogP contribution in [0.5, 0.6) is 0 Å². The molecule has 0 aliphatic carbocycles. The number of hydrogen-bond donors (Lipinski definition) is 1. The van der Waals surface area contributed by atoms with Crippen LogP contribution in [0.2, 0.25) is 0 Å². The van der Waals surface area contributed by atoms with Gasteiger partial charge in [0.05, 0.1) is 6.26 Å². The van der Waals surface area contributed by atoms with Crippen molar-refractivity contribution in [2.75, 3.05) is 0 Å². The number of furan rings is 1. The van der Waals surface area contributed by atoms with Crippen LogP contribution in [0.15, 0.2) is 27.6 Å². The van der Waals surface area contributed by atoms with Crippen LogP contribution < -0.4 is 5.56 Å². The number of H-pyrrole nitrogens is 1. The largest absolute Gasteiger partial charge is 0.461 e. The van der Waals surface area contributed by atoms with Gasteiger partial charge in [-0.05, 0) is 30.9 Å². The first kappa shape index (κ1) is 11.6. The van der Waals surface area contributed by atoms with Gasteiger partial charge >= 0.3 is 0 Å². The van der Waals surface area contributed by atoms with E-state index in [2.05, 4.69) is 23.8 Å². The van der Waals surface area contributed by atoms with Gasteiger partial charge in [-0.2, -0.15) is 0 Å². The number of nitrogens with one attached hydrogen (secondary N) is 1. The van der Waals surface area contributed by atoms with Crippen molar-refractivity contribution in [2.45, 2.75) is 27.2 Å². The Kier molecular flexibility index (Phi) is 3.13. The van der Waals surface area contributed by atoms with E-state index in [1.807, 2.05) is 13.0 Å². The average molecular weight is 232 g/mol. The van der Waals surface area contributed by atoms with E-state index in [1.165, 1.54) is 0 Å². The highest BCUT2D eigenvalue weighted by Gasteiger charge is 2.10. The molecule has 0 radical (unpaired) electrons. The second-order valence-electron chi connectivity index (χ2n) is 4.62. The molecule has 0 spiro atoms. The van der Waals surface area contributed by atoms with Crippen molar-refractivity contribution in [1.29, 1.82) is 0 Å². The molecule has 4 heteroatoms. The fourth-order valence-electron chi connectivity index (χ4n) is 1.75. The molecular weight excluding hydrogens is 216 g/mol. The molecule has 1 N–H and O–H groups in total. The Labute approximate surface area is 99.7 Å². The zero-order valence-electron chi connectivity index (χ0n) is 10.3. The average Bonchev–Trinajstić information content (AvgIpc) is 2.62. The van der Waals surface area contributed by atoms with Gasteiger partial charge in [0.15, 0.2) is 11.6 Å². The maximum absolute atomic E-state index is 11.6. The standard InChI is InChI=1S/C13H16N2O2/c1-8(2)6-10-7-11(16)15-13(14-10)12-9(3)4-5-17-12/h4-5,7-8H,6H2,1-3H3,(H,14,15,16). The highest BCUT2D eigenvalue weighted by molar-refractivity contribution is 5.51. The van der Waals surface area contributed by atoms with Gasteiger partial charge in [-0.3, -0.25) is 4.79 Å². The highest BCUT2D eigenvalue weighted by Crippen LogP contribution is 2.19. The third-order valence-corrected chi connectivity index (χ3v) is 2.49. The normalized spacial score (nSPS) is 11.1. The minimum Gasteiger partial charge on any atom is -0.461 e. The molecule has 2 rings (SSSR count). The van der Waals surface area contributed by atoms with Crippen molar-refractivity contribution < 1.29 is 4.42 Å². The Hall–Kier alpha value is -1.84. The fourth-order valence-corrected chi connectivity index (χ4v) is 1.75. The Bertz CT molecular complexity index is 567. The monoisotopic (exact) mass is 232 g/mol. The smallest absolute Gasteiger partial charge is 0.251 e. The van der Waals surface area contributed by atoms with Crippen molar-refractivity contribution >= 4 is 0 Å². The van der Waals surface area contributed by atoms with Crippen LogP contribution in [-0.4, -0.2) is 9.97 Å². The molecule has 0 aliphatic heterocycles. The van der Waals surface area contributed by atoms with E-state index < -0.39 is 0 Å². The molecule has 0 amide bonds. The summed E-state index contributed by atoms with van der Waals surface area (Å²) in [7, 11) is 0. The van der Waals surface area contributed by atoms with Crippen LogP contribution in [0.25, 0.3) is 11.6 Å². The lowest BCUT2D eigenvalue weighted by atomic mass is 10.1. The van der Waals surface area contributed by atoms with Gasteiger partial charge < -0.3 is 9.40 Å². The van der Waals surface area contributed by atoms with Gasteiger partial charge in [-0.15, -0.1) is 0 Å². The molecule has 4 nitrogen and oxygen atoms in total. The summed E-state index contributed by atoms with van der Waals surface area (Å²) in [6.45, 7) is 6.12. The first-order chi connectivity index (χ1) is 8.06. The highest BCUT2D eigenvalue weighted by atomic mass is 16.3. The maximum atomic E-state index is 11.6. The van der Waals surface area contributed by atoms with Gasteiger partial charge in [0.2, 0.25) is 0 Å². The number of rotatable bonds is 3. The maximum Gasteiger partial charge on any atom is 0.251 e. The number of nitrogens with zero attached hydrogens (tertiary/aromatic N) is 1. The molecule has 2 aromatic heterocycles. The predicted octanol–water partition coefficient (Wildman–Crippen LogP) is 2.54. The Morgan fingerprint density at radius 1 is 1.47 bits per heavy atom. The lowest BCUT2D eigenvalue weighted by molar-refractivity contribution is 0.573. The van der Waals surface area contributed by atoms with Crippen molar-refractivity contribution in [3.05, 3.63) is 40.0 Å². The van der Waals surface area contributed by atoms with Gasteiger partial charge in [-0.1, -0.05) is 13.8 Å². The summed E-state index contributed by atoms with van der Waals surface area (Å²) in [5.41, 5.74) is 1.63. The van der Waals surface area contributed by atoms with Crippen LogP contribution in [-0.2, 0) is 6.42 Å². The molecule has 0 aromatic carbocycles. The molecule has 0 saturated heterocycles. The van der Waals surface area contributed by atoms with E-state index in [9.17, 15) is 4.79 Å². The van der Waals surface area contributed by atoms with Crippen LogP contribution in [0, 0.1) is 12.8 Å². The second-order valence-corrected chi connectivity index (χ2v) is 4.62. The van der Waals surface area contributed by atoms with Crippen LogP contribution >= 0.6 is 0 Å². The van der Waals surface area contributed by atoms with E-state index in [1.54, 1.807) is 12.3 Å². The fraction of sp³-hybridized carbons (Fsp3) is 0.385. The summed E-state index contributed by atoms with van der Waals surface area (Å²) in [6.07, 6.45) is 2.39. The molecule has 2 aromatic rings. The van der Waals surface area contributed by atoms with Gasteiger partial charge in [0.1, 0.15) is 0 Å². The van der Waals surface area contributed by atoms with Crippen molar-refractivity contribution in [2.24, 2.45) is 5.92 Å². The van der Waals surface area contributed by atoms with Crippen LogP contribution in [0.1, 0.15) is 25.1 Å². The van der Waals surface area contributed by atoms with Gasteiger partial charge in [0.25, 0.3) is 5.56 Å². The molecule has 17 heavy (non-hydrogen) atoms. The Balaban J connectivity index is 2.45. The third-order valence-electron chi connectivity index (χ3n) is 2.49. The third kappa shape index (κ3) is 2.64. The van der Waals surface area contributed by atoms with Gasteiger partial charge in [0, 0.05) is 11.8 Å². The number of aromatic nitrogens is 2. The van der Waals surface area contributed by atoms with Crippen molar-refractivity contribution in [3.63, 3.8) is 0 Å². The minimum absolute atomic E-state index is 0.138. The van der Waals surface area contributed by atoms with E-state index in [0.717, 1.165) is 17.7 Å². The molecular formula is C13H16N2O2. The van der Waals surface area contributed by atoms with E-state index in [4.69, 9.17) is 4.42 Å². The van der Waals surface area contributed by atoms with Crippen LogP contribution in [0.3, 0.4) is 0 Å². The van der Waals surface area contributed by atoms with Gasteiger partial charge in [-0.25, -0.2) is 4.98 Å². The molecule has 0 fully saturated rings. The Morgan fingerprint density at radius 2 is 2.24 bits per heavy atom. The quantitative estimate of drug-likeness (QED) is 0.884. The van der Waals surface area contributed by atoms with Crippen LogP contribution in [0.4, 0.5) is 0 Å². The summed E-state index contributed by atoms with van der Waals surface area (Å²) >= 11 is 0. The number of aryl methyl sites for hydroxylation is 1. The molecule has 0 bridgehead atoms. The van der Waals surface area contributed by atoms with Crippen molar-refractivity contribution in [3.8, 4) is 11.6 Å². The zero-order chi connectivity index (χ0) is 12.4. The molecule has 0 unspecified atom stereocenters. The van der Waals surface area contributed by atoms with Crippen molar-refractivity contribution in [1.82, 2.24) is 9.97 Å².